The Morgan fingerprint density at radius 3 is 2.55 bits per heavy atom. The van der Waals surface area contributed by atoms with Crippen LogP contribution in [0.25, 0.3) is 5.76 Å². The number of nitrogens with zero attached hydrogens (tertiary/aromatic N) is 2. The van der Waals surface area contributed by atoms with Gasteiger partial charge in [-0.3, -0.25) is 9.59 Å². The topological polar surface area (TPSA) is 70.1 Å². The Hall–Kier alpha value is -3.45. The van der Waals surface area contributed by atoms with Gasteiger partial charge >= 0.3 is 0 Å². The van der Waals surface area contributed by atoms with Crippen LogP contribution in [-0.4, -0.2) is 60.4 Å². The zero-order valence-electron chi connectivity index (χ0n) is 17.5. The SMILES string of the molecule is C=CCOc1ccc(/C(O)=C2/C(=O)C(=O)N(CCN(C)C)C2c2cccc(F)c2)cc1. The molecule has 1 atom stereocenters. The molecule has 1 N–H and O–H groups in total. The lowest BCUT2D eigenvalue weighted by Gasteiger charge is -2.26. The first-order valence-electron chi connectivity index (χ1n) is 9.86. The van der Waals surface area contributed by atoms with Crippen LogP contribution >= 0.6 is 0 Å². The van der Waals surface area contributed by atoms with Gasteiger partial charge in [-0.15, -0.1) is 0 Å². The van der Waals surface area contributed by atoms with Gasteiger partial charge in [0.15, 0.2) is 0 Å². The summed E-state index contributed by atoms with van der Waals surface area (Å²) in [5.41, 5.74) is 0.720. The summed E-state index contributed by atoms with van der Waals surface area (Å²) < 4.78 is 19.4. The van der Waals surface area contributed by atoms with E-state index in [1.807, 2.05) is 19.0 Å². The van der Waals surface area contributed by atoms with Gasteiger partial charge in [-0.05, 0) is 56.1 Å². The molecule has 162 valence electrons. The van der Waals surface area contributed by atoms with Crippen LogP contribution in [0.15, 0.2) is 66.8 Å². The number of likely N-dealkylation sites (N-methyl/N-ethyl adjacent to an activating group) is 1. The number of halogens is 1. The van der Waals surface area contributed by atoms with Crippen LogP contribution in [-0.2, 0) is 9.59 Å². The molecule has 31 heavy (non-hydrogen) atoms. The van der Waals surface area contributed by atoms with Crippen LogP contribution in [0, 0.1) is 5.82 Å². The van der Waals surface area contributed by atoms with Crippen LogP contribution in [0.4, 0.5) is 4.39 Å². The van der Waals surface area contributed by atoms with Gasteiger partial charge in [0.25, 0.3) is 11.7 Å². The van der Waals surface area contributed by atoms with Crippen molar-refractivity contribution in [3.05, 3.63) is 83.7 Å². The van der Waals surface area contributed by atoms with Crippen molar-refractivity contribution in [1.29, 1.82) is 0 Å². The van der Waals surface area contributed by atoms with Crippen molar-refractivity contribution in [2.45, 2.75) is 6.04 Å². The molecule has 0 radical (unpaired) electrons. The lowest BCUT2D eigenvalue weighted by Crippen LogP contribution is -2.35. The second kappa shape index (κ2) is 9.57. The summed E-state index contributed by atoms with van der Waals surface area (Å²) in [5.74, 6) is -1.74. The summed E-state index contributed by atoms with van der Waals surface area (Å²) in [4.78, 5) is 29.0. The minimum atomic E-state index is -0.882. The van der Waals surface area contributed by atoms with Crippen molar-refractivity contribution in [2.75, 3.05) is 33.8 Å². The summed E-state index contributed by atoms with van der Waals surface area (Å²) in [5, 5.41) is 11.0. The van der Waals surface area contributed by atoms with Gasteiger partial charge in [-0.1, -0.05) is 24.8 Å². The maximum atomic E-state index is 14.0. The Kier molecular flexibility index (Phi) is 6.87. The van der Waals surface area contributed by atoms with E-state index in [1.54, 1.807) is 36.4 Å². The zero-order valence-corrected chi connectivity index (χ0v) is 17.5. The number of benzene rings is 2. The third-order valence-corrected chi connectivity index (χ3v) is 4.99. The number of aliphatic hydroxyl groups is 1. The lowest BCUT2D eigenvalue weighted by atomic mass is 9.95. The van der Waals surface area contributed by atoms with Gasteiger partial charge in [0.1, 0.15) is 23.9 Å². The van der Waals surface area contributed by atoms with E-state index in [0.29, 0.717) is 30.0 Å². The summed E-state index contributed by atoms with van der Waals surface area (Å²) in [6.07, 6.45) is 1.61. The third-order valence-electron chi connectivity index (χ3n) is 4.99. The molecule has 6 nitrogen and oxygen atoms in total. The number of amides is 1. The largest absolute Gasteiger partial charge is 0.507 e. The molecule has 1 fully saturated rings. The van der Waals surface area contributed by atoms with E-state index < -0.39 is 23.5 Å². The predicted octanol–water partition coefficient (Wildman–Crippen LogP) is 3.37. The number of rotatable bonds is 8. The second-order valence-corrected chi connectivity index (χ2v) is 7.47. The predicted molar refractivity (Wildman–Crippen MR) is 116 cm³/mol. The van der Waals surface area contributed by atoms with Crippen LogP contribution in [0.2, 0.25) is 0 Å². The first-order valence-corrected chi connectivity index (χ1v) is 9.86. The van der Waals surface area contributed by atoms with Gasteiger partial charge in [0, 0.05) is 18.7 Å². The smallest absolute Gasteiger partial charge is 0.295 e. The fourth-order valence-electron chi connectivity index (χ4n) is 3.46. The highest BCUT2D eigenvalue weighted by Crippen LogP contribution is 2.39. The molecule has 1 unspecified atom stereocenters. The van der Waals surface area contributed by atoms with Crippen molar-refractivity contribution in [2.24, 2.45) is 0 Å². The Morgan fingerprint density at radius 2 is 1.94 bits per heavy atom. The number of likely N-dealkylation sites (tertiary alicyclic amines) is 1. The Labute approximate surface area is 180 Å². The number of hydrogen-bond donors (Lipinski definition) is 1. The van der Waals surface area contributed by atoms with E-state index in [-0.39, 0.29) is 17.9 Å². The summed E-state index contributed by atoms with van der Waals surface area (Å²) >= 11 is 0. The molecule has 1 saturated heterocycles. The van der Waals surface area contributed by atoms with Crippen LogP contribution in [0.1, 0.15) is 17.2 Å². The molecule has 0 aliphatic carbocycles. The monoisotopic (exact) mass is 424 g/mol. The molecule has 7 heteroatoms. The first-order chi connectivity index (χ1) is 14.8. The molecular formula is C24H25FN2O4. The minimum absolute atomic E-state index is 0.0610. The maximum Gasteiger partial charge on any atom is 0.295 e. The Morgan fingerprint density at radius 1 is 1.23 bits per heavy atom. The second-order valence-electron chi connectivity index (χ2n) is 7.47. The van der Waals surface area contributed by atoms with Gasteiger partial charge in [-0.2, -0.15) is 0 Å². The van der Waals surface area contributed by atoms with E-state index >= 15 is 0 Å². The van der Waals surface area contributed by atoms with E-state index in [9.17, 15) is 19.1 Å². The van der Waals surface area contributed by atoms with Crippen LogP contribution in [0.3, 0.4) is 0 Å². The highest BCUT2D eigenvalue weighted by atomic mass is 19.1. The minimum Gasteiger partial charge on any atom is -0.507 e. The first kappa shape index (κ1) is 22.2. The molecule has 1 aliphatic rings. The highest BCUT2D eigenvalue weighted by molar-refractivity contribution is 6.46. The number of aliphatic hydroxyl groups excluding tert-OH is 1. The summed E-state index contributed by atoms with van der Waals surface area (Å²) in [7, 11) is 3.70. The summed E-state index contributed by atoms with van der Waals surface area (Å²) in [6, 6.07) is 11.3. The number of carbonyl (C=O) groups is 2. The number of ketones is 1. The standard InChI is InChI=1S/C24H25FN2O4/c1-4-14-31-19-10-8-16(9-11-19)22(28)20-21(17-6-5-7-18(25)15-17)27(13-12-26(2)3)24(30)23(20)29/h4-11,15,21,28H,1,12-14H2,2-3H3/b22-20-. The van der Waals surface area contributed by atoms with Gasteiger partial charge in [0.2, 0.25) is 0 Å². The average Bonchev–Trinajstić information content (AvgIpc) is 3.01. The number of hydrogen-bond acceptors (Lipinski definition) is 5. The van der Waals surface area contributed by atoms with Crippen molar-refractivity contribution >= 4 is 17.4 Å². The molecule has 2 aromatic carbocycles. The van der Waals surface area contributed by atoms with Gasteiger partial charge in [0.05, 0.1) is 11.6 Å². The highest BCUT2D eigenvalue weighted by Gasteiger charge is 2.45. The van der Waals surface area contributed by atoms with E-state index in [2.05, 4.69) is 6.58 Å². The Bertz CT molecular complexity index is 1010. The molecule has 3 rings (SSSR count). The Balaban J connectivity index is 2.07. The van der Waals surface area contributed by atoms with Crippen molar-refractivity contribution in [1.82, 2.24) is 9.80 Å². The average molecular weight is 424 g/mol. The molecular weight excluding hydrogens is 399 g/mol. The molecule has 1 heterocycles. The quantitative estimate of drug-likeness (QED) is 0.305. The molecule has 1 aliphatic heterocycles. The molecule has 0 spiro atoms. The van der Waals surface area contributed by atoms with Crippen LogP contribution < -0.4 is 4.74 Å². The van der Waals surface area contributed by atoms with Crippen LogP contribution in [0.5, 0.6) is 5.75 Å². The van der Waals surface area contributed by atoms with Crippen molar-refractivity contribution in [3.63, 3.8) is 0 Å². The van der Waals surface area contributed by atoms with E-state index in [0.717, 1.165) is 0 Å². The number of carbonyl (C=O) groups excluding carboxylic acids is 2. The number of ether oxygens (including phenoxy) is 1. The lowest BCUT2D eigenvalue weighted by molar-refractivity contribution is -0.140. The molecule has 0 bridgehead atoms. The van der Waals surface area contributed by atoms with Gasteiger partial charge < -0.3 is 19.6 Å². The normalized spacial score (nSPS) is 17.9. The van der Waals surface area contributed by atoms with Crippen molar-refractivity contribution < 1.29 is 23.8 Å². The van der Waals surface area contributed by atoms with E-state index in [1.165, 1.54) is 23.1 Å². The van der Waals surface area contributed by atoms with Crippen molar-refractivity contribution in [3.8, 4) is 5.75 Å². The fraction of sp³-hybridized carbons (Fsp3) is 0.250. The van der Waals surface area contributed by atoms with E-state index in [4.69, 9.17) is 4.74 Å². The summed E-state index contributed by atoms with van der Waals surface area (Å²) in [6.45, 7) is 4.69. The molecule has 0 saturated carbocycles. The zero-order chi connectivity index (χ0) is 22.5. The maximum absolute atomic E-state index is 14.0. The molecule has 0 aromatic heterocycles. The van der Waals surface area contributed by atoms with Gasteiger partial charge in [-0.25, -0.2) is 4.39 Å². The molecule has 2 aromatic rings. The fourth-order valence-corrected chi connectivity index (χ4v) is 3.46. The molecule has 1 amide bonds. The number of Topliss-reactive ketones (excluding diaryl/α,β-unsaturated/α-hetero) is 1. The third kappa shape index (κ3) is 4.83.